The van der Waals surface area contributed by atoms with E-state index in [1.54, 1.807) is 0 Å². The van der Waals surface area contributed by atoms with E-state index in [1.807, 2.05) is 13.8 Å². The monoisotopic (exact) mass is 335 g/mol. The van der Waals surface area contributed by atoms with E-state index in [2.05, 4.69) is 22.9 Å². The zero-order valence-corrected chi connectivity index (χ0v) is 14.4. The Morgan fingerprint density at radius 3 is 2.50 bits per heavy atom. The fourth-order valence-electron chi connectivity index (χ4n) is 2.82. The topological polar surface area (TPSA) is 70.2 Å². The van der Waals surface area contributed by atoms with Crippen LogP contribution in [0, 0.1) is 17.7 Å². The Bertz CT molecular complexity index is 574. The van der Waals surface area contributed by atoms with E-state index in [-0.39, 0.29) is 23.8 Å². The first-order valence-corrected chi connectivity index (χ1v) is 8.46. The summed E-state index contributed by atoms with van der Waals surface area (Å²) in [5.41, 5.74) is 0.336. The zero-order valence-electron chi connectivity index (χ0n) is 14.4. The van der Waals surface area contributed by atoms with Gasteiger partial charge in [-0.05, 0) is 49.1 Å². The largest absolute Gasteiger partial charge is 0.350 e. The first-order chi connectivity index (χ1) is 11.4. The molecule has 24 heavy (non-hydrogen) atoms. The highest BCUT2D eigenvalue weighted by Crippen LogP contribution is 2.13. The van der Waals surface area contributed by atoms with Crippen molar-refractivity contribution in [3.63, 3.8) is 0 Å². The molecule has 2 amide bonds. The third-order valence-electron chi connectivity index (χ3n) is 4.50. The standard InChI is InChI=1S/C18H26FN3O2/c1-11(2)16(18(24)21-15-10-20-9-8-12(15)3)22-17(23)13-4-6-14(19)7-5-13/h4-7,11-12,15-16,20H,8-10H2,1-3H3,(H,21,24)(H,22,23). The van der Waals surface area contributed by atoms with Crippen LogP contribution in [0.5, 0.6) is 0 Å². The van der Waals surface area contributed by atoms with Crippen LogP contribution < -0.4 is 16.0 Å². The van der Waals surface area contributed by atoms with Crippen LogP contribution in [0.2, 0.25) is 0 Å². The van der Waals surface area contributed by atoms with Gasteiger partial charge in [0.25, 0.3) is 5.91 Å². The van der Waals surface area contributed by atoms with Crippen molar-refractivity contribution in [3.8, 4) is 0 Å². The number of hydrogen-bond donors (Lipinski definition) is 3. The van der Waals surface area contributed by atoms with Gasteiger partial charge in [-0.2, -0.15) is 0 Å². The van der Waals surface area contributed by atoms with E-state index in [1.165, 1.54) is 24.3 Å². The quantitative estimate of drug-likeness (QED) is 0.767. The smallest absolute Gasteiger partial charge is 0.251 e. The van der Waals surface area contributed by atoms with Crippen molar-refractivity contribution in [1.82, 2.24) is 16.0 Å². The molecule has 1 aromatic rings. The summed E-state index contributed by atoms with van der Waals surface area (Å²) in [6.45, 7) is 7.59. The minimum absolute atomic E-state index is 0.0544. The lowest BCUT2D eigenvalue weighted by Crippen LogP contribution is -2.56. The molecule has 1 aliphatic heterocycles. The third kappa shape index (κ3) is 4.77. The molecule has 2 rings (SSSR count). The normalized spacial score (nSPS) is 22.0. The van der Waals surface area contributed by atoms with Crippen molar-refractivity contribution in [2.24, 2.45) is 11.8 Å². The van der Waals surface area contributed by atoms with Crippen molar-refractivity contribution >= 4 is 11.8 Å². The van der Waals surface area contributed by atoms with Gasteiger partial charge in [0.1, 0.15) is 11.9 Å². The molecule has 0 aromatic heterocycles. The predicted octanol–water partition coefficient (Wildman–Crippen LogP) is 1.69. The molecule has 3 atom stereocenters. The number of carbonyl (C=O) groups is 2. The van der Waals surface area contributed by atoms with E-state index in [0.29, 0.717) is 11.5 Å². The number of amides is 2. The highest BCUT2D eigenvalue weighted by molar-refractivity contribution is 5.97. The minimum Gasteiger partial charge on any atom is -0.350 e. The summed E-state index contributed by atoms with van der Waals surface area (Å²) in [6, 6.07) is 4.72. The van der Waals surface area contributed by atoms with Crippen LogP contribution in [0.3, 0.4) is 0 Å². The summed E-state index contributed by atoms with van der Waals surface area (Å²) in [6.07, 6.45) is 1.01. The lowest BCUT2D eigenvalue weighted by molar-refractivity contribution is -0.125. The van der Waals surface area contributed by atoms with Crippen LogP contribution in [0.4, 0.5) is 4.39 Å². The van der Waals surface area contributed by atoms with Gasteiger partial charge < -0.3 is 16.0 Å². The van der Waals surface area contributed by atoms with Crippen LogP contribution in [0.15, 0.2) is 24.3 Å². The maximum atomic E-state index is 13.0. The van der Waals surface area contributed by atoms with Gasteiger partial charge >= 0.3 is 0 Å². The Labute approximate surface area is 142 Å². The molecule has 1 fully saturated rings. The lowest BCUT2D eigenvalue weighted by atomic mass is 9.93. The molecule has 0 aliphatic carbocycles. The second-order valence-electron chi connectivity index (χ2n) is 6.79. The van der Waals surface area contributed by atoms with Gasteiger partial charge in [-0.25, -0.2) is 4.39 Å². The molecule has 0 saturated carbocycles. The van der Waals surface area contributed by atoms with Gasteiger partial charge in [0.2, 0.25) is 5.91 Å². The summed E-state index contributed by atoms with van der Waals surface area (Å²) in [7, 11) is 0. The second-order valence-corrected chi connectivity index (χ2v) is 6.79. The maximum Gasteiger partial charge on any atom is 0.251 e. The summed E-state index contributed by atoms with van der Waals surface area (Å²) in [4.78, 5) is 24.9. The Morgan fingerprint density at radius 2 is 1.92 bits per heavy atom. The molecule has 1 aliphatic rings. The molecule has 0 bridgehead atoms. The number of carbonyl (C=O) groups excluding carboxylic acids is 2. The molecular formula is C18H26FN3O2. The Hall–Kier alpha value is -1.95. The molecule has 0 radical (unpaired) electrons. The SMILES string of the molecule is CC(C)C(NC(=O)c1ccc(F)cc1)C(=O)NC1CNCCC1C. The molecule has 1 heterocycles. The number of benzene rings is 1. The Kier molecular flexibility index (Phi) is 6.31. The minimum atomic E-state index is -0.628. The molecule has 3 N–H and O–H groups in total. The number of piperidine rings is 1. The summed E-state index contributed by atoms with van der Waals surface area (Å²) in [5, 5.41) is 9.08. The summed E-state index contributed by atoms with van der Waals surface area (Å²) >= 11 is 0. The number of nitrogens with one attached hydrogen (secondary N) is 3. The molecule has 0 spiro atoms. The Morgan fingerprint density at radius 1 is 1.25 bits per heavy atom. The van der Waals surface area contributed by atoms with Crippen molar-refractivity contribution in [2.75, 3.05) is 13.1 Å². The fourth-order valence-corrected chi connectivity index (χ4v) is 2.82. The van der Waals surface area contributed by atoms with E-state index < -0.39 is 11.9 Å². The Balaban J connectivity index is 2.01. The van der Waals surface area contributed by atoms with Crippen LogP contribution in [-0.4, -0.2) is 37.0 Å². The van der Waals surface area contributed by atoms with Crippen molar-refractivity contribution in [1.29, 1.82) is 0 Å². The summed E-state index contributed by atoms with van der Waals surface area (Å²) < 4.78 is 13.0. The van der Waals surface area contributed by atoms with Gasteiger partial charge in [-0.1, -0.05) is 20.8 Å². The highest BCUT2D eigenvalue weighted by Gasteiger charge is 2.29. The fraction of sp³-hybridized carbons (Fsp3) is 0.556. The van der Waals surface area contributed by atoms with E-state index >= 15 is 0 Å². The highest BCUT2D eigenvalue weighted by atomic mass is 19.1. The summed E-state index contributed by atoms with van der Waals surface area (Å²) in [5.74, 6) is -0.611. The van der Waals surface area contributed by atoms with Crippen molar-refractivity contribution < 1.29 is 14.0 Å². The van der Waals surface area contributed by atoms with Crippen molar-refractivity contribution in [3.05, 3.63) is 35.6 Å². The van der Waals surface area contributed by atoms with Gasteiger partial charge in [0.15, 0.2) is 0 Å². The van der Waals surface area contributed by atoms with Crippen LogP contribution in [0.1, 0.15) is 37.6 Å². The van der Waals surface area contributed by atoms with Crippen LogP contribution >= 0.6 is 0 Å². The molecule has 5 nitrogen and oxygen atoms in total. The first-order valence-electron chi connectivity index (χ1n) is 8.46. The number of halogens is 1. The average molecular weight is 335 g/mol. The first kappa shape index (κ1) is 18.4. The average Bonchev–Trinajstić information content (AvgIpc) is 2.54. The van der Waals surface area contributed by atoms with Crippen molar-refractivity contribution in [2.45, 2.75) is 39.3 Å². The molecule has 6 heteroatoms. The zero-order chi connectivity index (χ0) is 17.7. The molecular weight excluding hydrogens is 309 g/mol. The van der Waals surface area contributed by atoms with Gasteiger partial charge in [0.05, 0.1) is 0 Å². The van der Waals surface area contributed by atoms with E-state index in [9.17, 15) is 14.0 Å². The van der Waals surface area contributed by atoms with Gasteiger partial charge in [-0.3, -0.25) is 9.59 Å². The van der Waals surface area contributed by atoms with E-state index in [4.69, 9.17) is 0 Å². The molecule has 1 aromatic carbocycles. The van der Waals surface area contributed by atoms with Gasteiger partial charge in [-0.15, -0.1) is 0 Å². The predicted molar refractivity (Wildman–Crippen MR) is 91.1 cm³/mol. The molecule has 132 valence electrons. The maximum absolute atomic E-state index is 13.0. The number of hydrogen-bond acceptors (Lipinski definition) is 3. The van der Waals surface area contributed by atoms with Crippen LogP contribution in [0.25, 0.3) is 0 Å². The van der Waals surface area contributed by atoms with E-state index in [0.717, 1.165) is 19.5 Å². The molecule has 1 saturated heterocycles. The molecule has 3 unspecified atom stereocenters. The number of rotatable bonds is 5. The lowest BCUT2D eigenvalue weighted by Gasteiger charge is -2.32. The van der Waals surface area contributed by atoms with Gasteiger partial charge in [0, 0.05) is 18.2 Å². The third-order valence-corrected chi connectivity index (χ3v) is 4.50. The second kappa shape index (κ2) is 8.24. The van der Waals surface area contributed by atoms with Crippen LogP contribution in [-0.2, 0) is 4.79 Å².